The summed E-state index contributed by atoms with van der Waals surface area (Å²) in [5, 5.41) is -0.601. The first-order chi connectivity index (χ1) is 9.21. The summed E-state index contributed by atoms with van der Waals surface area (Å²) >= 11 is 0. The van der Waals surface area contributed by atoms with E-state index in [9.17, 15) is 9.59 Å². The fourth-order valence-electron chi connectivity index (χ4n) is 2.84. The topological polar surface area (TPSA) is 46.6 Å². The first kappa shape index (κ1) is 16.2. The molecule has 0 bridgehead atoms. The van der Waals surface area contributed by atoms with Crippen LogP contribution in [0.1, 0.15) is 19.8 Å². The van der Waals surface area contributed by atoms with Crippen LogP contribution in [0.5, 0.6) is 0 Å². The largest absolute Gasteiger partial charge is 0.465 e. The molecule has 1 saturated heterocycles. The minimum atomic E-state index is -0.641. The van der Waals surface area contributed by atoms with Crippen molar-refractivity contribution < 1.29 is 14.3 Å². The Kier molecular flexibility index (Phi) is 4.47. The lowest BCUT2D eigenvalue weighted by Crippen LogP contribution is -2.66. The number of hydrogen-bond acceptors (Lipinski definition) is 4. The zero-order valence-electron chi connectivity index (χ0n) is 13.2. The maximum atomic E-state index is 12.5. The van der Waals surface area contributed by atoms with Gasteiger partial charge in [0.05, 0.1) is 13.2 Å². The SMILES string of the molecule is BC1(B)C(C(=O)OCC)C(=O)CN(PC2CC2)C1(B)B. The van der Waals surface area contributed by atoms with Crippen molar-refractivity contribution in [3.63, 3.8) is 0 Å². The summed E-state index contributed by atoms with van der Waals surface area (Å²) in [6.45, 7) is 2.49. The number of piperidine rings is 1. The second-order valence-electron chi connectivity index (χ2n) is 6.92. The normalized spacial score (nSPS) is 29.6. The minimum absolute atomic E-state index is 0.0147. The Morgan fingerprint density at radius 1 is 1.40 bits per heavy atom. The van der Waals surface area contributed by atoms with Gasteiger partial charge in [0, 0.05) is 0 Å². The predicted molar refractivity (Wildman–Crippen MR) is 92.8 cm³/mol. The summed E-state index contributed by atoms with van der Waals surface area (Å²) in [5.74, 6) is -0.983. The molecule has 0 aromatic carbocycles. The number of ether oxygens (including phenoxy) is 1. The van der Waals surface area contributed by atoms with Crippen molar-refractivity contribution in [3.8, 4) is 0 Å². The van der Waals surface area contributed by atoms with Crippen molar-refractivity contribution in [3.05, 3.63) is 0 Å². The lowest BCUT2D eigenvalue weighted by Gasteiger charge is -2.56. The molecule has 0 amide bonds. The van der Waals surface area contributed by atoms with E-state index in [1.54, 1.807) is 6.92 Å². The van der Waals surface area contributed by atoms with Gasteiger partial charge in [-0.15, -0.1) is 0 Å². The number of rotatable bonds is 4. The number of ketones is 1. The molecule has 2 rings (SSSR count). The molecule has 1 aliphatic carbocycles. The van der Waals surface area contributed by atoms with Crippen LogP contribution < -0.4 is 0 Å². The summed E-state index contributed by atoms with van der Waals surface area (Å²) in [6, 6.07) is 0. The highest BCUT2D eigenvalue weighted by atomic mass is 31.1. The number of carbonyl (C=O) groups is 2. The van der Waals surface area contributed by atoms with Crippen molar-refractivity contribution in [2.45, 2.75) is 36.0 Å². The molecule has 9 heteroatoms. The number of carbonyl (C=O) groups excluding carboxylic acids is 2. The molecule has 20 heavy (non-hydrogen) atoms. The standard InChI is InChI=1S/C11H22B4NO3P/c1-2-19-9(18)8-7(17)5-16(20-6-3-4-6)11(14,15)10(8,12)13/h6,8,20H,2-5,12-15H2,1H3. The predicted octanol–water partition coefficient (Wildman–Crippen LogP) is -2.89. The van der Waals surface area contributed by atoms with Gasteiger partial charge in [-0.05, 0) is 39.5 Å². The molecule has 0 N–H and O–H groups in total. The molecule has 0 spiro atoms. The second kappa shape index (κ2) is 5.53. The van der Waals surface area contributed by atoms with E-state index in [2.05, 4.69) is 20.4 Å². The molecule has 4 nitrogen and oxygen atoms in total. The zero-order valence-corrected chi connectivity index (χ0v) is 14.2. The van der Waals surface area contributed by atoms with Gasteiger partial charge in [-0.3, -0.25) is 14.3 Å². The van der Waals surface area contributed by atoms with Crippen LogP contribution >= 0.6 is 8.73 Å². The van der Waals surface area contributed by atoms with Gasteiger partial charge in [0.25, 0.3) is 0 Å². The highest BCUT2D eigenvalue weighted by molar-refractivity contribution is 7.37. The molecule has 0 aromatic rings. The second-order valence-corrected chi connectivity index (χ2v) is 8.54. The van der Waals surface area contributed by atoms with Crippen LogP contribution in [-0.4, -0.2) is 72.0 Å². The summed E-state index contributed by atoms with van der Waals surface area (Å²) in [7, 11) is 9.05. The number of hydrogen-bond donors (Lipinski definition) is 0. The Morgan fingerprint density at radius 3 is 2.50 bits per heavy atom. The van der Waals surface area contributed by atoms with Gasteiger partial charge >= 0.3 is 5.97 Å². The van der Waals surface area contributed by atoms with Crippen LogP contribution in [0.25, 0.3) is 0 Å². The first-order valence-corrected chi connectivity index (χ1v) is 8.47. The van der Waals surface area contributed by atoms with Gasteiger partial charge in [-0.25, -0.2) is 0 Å². The maximum Gasteiger partial charge on any atom is 0.315 e. The smallest absolute Gasteiger partial charge is 0.315 e. The Hall–Kier alpha value is -0.210. The van der Waals surface area contributed by atoms with E-state index < -0.39 is 11.1 Å². The van der Waals surface area contributed by atoms with Crippen molar-refractivity contribution in [2.75, 3.05) is 13.2 Å². The van der Waals surface area contributed by atoms with Gasteiger partial charge in [-0.2, -0.15) is 0 Å². The van der Waals surface area contributed by atoms with Crippen LogP contribution in [0.2, 0.25) is 5.21 Å². The van der Waals surface area contributed by atoms with E-state index in [1.165, 1.54) is 12.8 Å². The van der Waals surface area contributed by atoms with Gasteiger partial charge in [0.2, 0.25) is 0 Å². The summed E-state index contributed by atoms with van der Waals surface area (Å²) in [4.78, 5) is 24.7. The Balaban J connectivity index is 2.25. The Labute approximate surface area is 126 Å². The average Bonchev–Trinajstić information content (AvgIpc) is 3.10. The lowest BCUT2D eigenvalue weighted by molar-refractivity contribution is -0.154. The Bertz CT molecular complexity index is 428. The van der Waals surface area contributed by atoms with Gasteiger partial charge in [-0.1, -0.05) is 5.21 Å². The van der Waals surface area contributed by atoms with Crippen LogP contribution in [0, 0.1) is 5.92 Å². The number of nitrogens with zero attached hydrogens (tertiary/aromatic N) is 1. The summed E-state index contributed by atoms with van der Waals surface area (Å²) in [6.07, 6.45) is 2.56. The zero-order chi connectivity index (χ0) is 15.1. The molecule has 2 aliphatic rings. The third-order valence-electron chi connectivity index (χ3n) is 5.05. The quantitative estimate of drug-likeness (QED) is 0.241. The number of Topliss-reactive ketones (excluding diaryl/α,β-unsaturated/α-hetero) is 1. The van der Waals surface area contributed by atoms with E-state index in [4.69, 9.17) is 4.74 Å². The molecule has 1 heterocycles. The highest BCUT2D eigenvalue weighted by Gasteiger charge is 2.56. The van der Waals surface area contributed by atoms with Crippen molar-refractivity contribution in [2.24, 2.45) is 5.92 Å². The van der Waals surface area contributed by atoms with Crippen LogP contribution in [-0.2, 0) is 14.3 Å². The van der Waals surface area contributed by atoms with E-state index in [0.29, 0.717) is 21.9 Å². The monoisotopic (exact) mass is 291 g/mol. The van der Waals surface area contributed by atoms with Gasteiger partial charge in [0.15, 0.2) is 5.78 Å². The number of esters is 1. The fraction of sp³-hybridized carbons (Fsp3) is 0.818. The van der Waals surface area contributed by atoms with Gasteiger partial charge < -0.3 is 4.74 Å². The minimum Gasteiger partial charge on any atom is -0.465 e. The average molecular weight is 291 g/mol. The van der Waals surface area contributed by atoms with Crippen LogP contribution in [0.4, 0.5) is 0 Å². The Morgan fingerprint density at radius 2 is 2.00 bits per heavy atom. The molecule has 0 radical (unpaired) electrons. The van der Waals surface area contributed by atoms with Crippen molar-refractivity contribution in [1.82, 2.24) is 4.67 Å². The maximum absolute atomic E-state index is 12.5. The van der Waals surface area contributed by atoms with Crippen LogP contribution in [0.3, 0.4) is 0 Å². The van der Waals surface area contributed by atoms with E-state index in [0.717, 1.165) is 5.66 Å². The molecule has 1 saturated carbocycles. The van der Waals surface area contributed by atoms with Crippen LogP contribution in [0.15, 0.2) is 0 Å². The fourth-order valence-corrected chi connectivity index (χ4v) is 4.56. The third-order valence-corrected chi connectivity index (χ3v) is 7.02. The first-order valence-electron chi connectivity index (χ1n) is 7.45. The van der Waals surface area contributed by atoms with E-state index in [-0.39, 0.29) is 17.1 Å². The molecule has 1 aliphatic heterocycles. The van der Waals surface area contributed by atoms with Gasteiger partial charge in [0.1, 0.15) is 37.3 Å². The molecular formula is C11H22B4NO3P. The lowest BCUT2D eigenvalue weighted by atomic mass is 9.29. The van der Waals surface area contributed by atoms with Crippen molar-refractivity contribution >= 4 is 51.9 Å². The third kappa shape index (κ3) is 2.74. The molecule has 2 fully saturated rings. The summed E-state index contributed by atoms with van der Waals surface area (Å²) < 4.78 is 7.43. The molecule has 0 aromatic heterocycles. The molecule has 106 valence electrons. The molecule has 2 unspecified atom stereocenters. The highest BCUT2D eigenvalue weighted by Crippen LogP contribution is 2.52. The molecule has 2 atom stereocenters. The molecular weight excluding hydrogens is 268 g/mol. The van der Waals surface area contributed by atoms with E-state index in [1.807, 2.05) is 15.7 Å². The summed E-state index contributed by atoms with van der Waals surface area (Å²) in [5.41, 5.74) is 0.761. The van der Waals surface area contributed by atoms with E-state index >= 15 is 0 Å². The van der Waals surface area contributed by atoms with Crippen molar-refractivity contribution in [1.29, 1.82) is 0 Å².